The van der Waals surface area contributed by atoms with Crippen LogP contribution < -0.4 is 0 Å². The van der Waals surface area contributed by atoms with Gasteiger partial charge in [0, 0.05) is 19.4 Å². The van der Waals surface area contributed by atoms with Crippen molar-refractivity contribution in [1.82, 2.24) is 9.96 Å². The lowest BCUT2D eigenvalue weighted by atomic mass is 9.82. The molecule has 0 radical (unpaired) electrons. The molecule has 8 nitrogen and oxygen atoms in total. The molecule has 0 aromatic heterocycles. The Bertz CT molecular complexity index is 820. The van der Waals surface area contributed by atoms with Gasteiger partial charge >= 0.3 is 5.97 Å². The van der Waals surface area contributed by atoms with Gasteiger partial charge in [0.15, 0.2) is 0 Å². The van der Waals surface area contributed by atoms with Crippen LogP contribution >= 0.6 is 0 Å². The number of hydrogen-bond acceptors (Lipinski definition) is 6. The number of benzene rings is 1. The van der Waals surface area contributed by atoms with Gasteiger partial charge in [-0.1, -0.05) is 12.1 Å². The van der Waals surface area contributed by atoms with Crippen LogP contribution in [0.3, 0.4) is 0 Å². The van der Waals surface area contributed by atoms with Gasteiger partial charge < -0.3 is 4.84 Å². The van der Waals surface area contributed by atoms with Gasteiger partial charge in [0.25, 0.3) is 23.6 Å². The molecule has 2 heterocycles. The van der Waals surface area contributed by atoms with E-state index in [0.717, 1.165) is 0 Å². The summed E-state index contributed by atoms with van der Waals surface area (Å²) < 4.78 is 0. The molecule has 1 saturated heterocycles. The molecule has 1 aliphatic carbocycles. The van der Waals surface area contributed by atoms with Crippen molar-refractivity contribution in [2.24, 2.45) is 11.8 Å². The zero-order valence-electron chi connectivity index (χ0n) is 15.3. The van der Waals surface area contributed by atoms with Crippen molar-refractivity contribution >= 4 is 29.6 Å². The van der Waals surface area contributed by atoms with Crippen LogP contribution in [-0.2, 0) is 19.2 Å². The Kier molecular flexibility index (Phi) is 4.70. The number of fused-ring (bicyclic) bond motifs is 1. The van der Waals surface area contributed by atoms with Crippen molar-refractivity contribution < 1.29 is 28.8 Å². The minimum Gasteiger partial charge on any atom is -0.330 e. The lowest BCUT2D eigenvalue weighted by Gasteiger charge is -2.29. The largest absolute Gasteiger partial charge is 0.336 e. The highest BCUT2D eigenvalue weighted by Gasteiger charge is 2.39. The van der Waals surface area contributed by atoms with E-state index in [1.807, 2.05) is 0 Å². The van der Waals surface area contributed by atoms with Gasteiger partial charge in [-0.2, -0.15) is 0 Å². The summed E-state index contributed by atoms with van der Waals surface area (Å²) in [5, 5.41) is 0.577. The molecule has 0 spiro atoms. The van der Waals surface area contributed by atoms with Gasteiger partial charge in [0.2, 0.25) is 0 Å². The van der Waals surface area contributed by atoms with Crippen LogP contribution in [0.1, 0.15) is 59.2 Å². The second-order valence-electron chi connectivity index (χ2n) is 7.48. The van der Waals surface area contributed by atoms with Gasteiger partial charge in [-0.3, -0.25) is 24.1 Å². The minimum absolute atomic E-state index is 0.0686. The molecule has 3 aliphatic rings. The molecule has 1 aromatic carbocycles. The Labute approximate surface area is 161 Å². The molecule has 8 heteroatoms. The van der Waals surface area contributed by atoms with Crippen LogP contribution in [-0.4, -0.2) is 46.1 Å². The summed E-state index contributed by atoms with van der Waals surface area (Å²) >= 11 is 0. The second kappa shape index (κ2) is 7.18. The van der Waals surface area contributed by atoms with Crippen molar-refractivity contribution in [3.8, 4) is 0 Å². The van der Waals surface area contributed by atoms with E-state index in [2.05, 4.69) is 0 Å². The Morgan fingerprint density at radius 1 is 0.893 bits per heavy atom. The fraction of sp³-hybridized carbons (Fsp3) is 0.450. The Hall–Kier alpha value is -3.03. The monoisotopic (exact) mass is 384 g/mol. The number of carbonyl (C=O) groups excluding carboxylic acids is 5. The van der Waals surface area contributed by atoms with E-state index in [-0.39, 0.29) is 36.5 Å². The molecule has 28 heavy (non-hydrogen) atoms. The Morgan fingerprint density at radius 2 is 1.43 bits per heavy atom. The molecule has 2 aliphatic heterocycles. The molecule has 1 aromatic rings. The van der Waals surface area contributed by atoms with Gasteiger partial charge in [-0.15, -0.1) is 5.06 Å². The molecule has 0 unspecified atom stereocenters. The average Bonchev–Trinajstić information content (AvgIpc) is 3.15. The first kappa shape index (κ1) is 18.3. The fourth-order valence-corrected chi connectivity index (χ4v) is 4.07. The fourth-order valence-electron chi connectivity index (χ4n) is 4.07. The third kappa shape index (κ3) is 3.19. The Balaban J connectivity index is 1.31. The molecule has 0 N–H and O–H groups in total. The predicted molar refractivity (Wildman–Crippen MR) is 94.4 cm³/mol. The molecule has 4 amide bonds. The zero-order valence-corrected chi connectivity index (χ0v) is 15.3. The molecular formula is C20H20N2O6. The standard InChI is InChI=1S/C20H20N2O6/c23-16-9-10-17(24)22(16)28-20(27)13-7-5-12(6-8-13)11-21-18(25)14-3-1-2-4-15(14)19(21)26/h1-4,12-13H,5-11H2. The second-order valence-corrected chi connectivity index (χ2v) is 7.48. The van der Waals surface area contributed by atoms with E-state index < -0.39 is 17.8 Å². The van der Waals surface area contributed by atoms with E-state index in [0.29, 0.717) is 48.4 Å². The summed E-state index contributed by atoms with van der Waals surface area (Å²) in [6.07, 6.45) is 2.52. The SMILES string of the molecule is O=C(ON1C(=O)CCC1=O)C1CCC(CN2C(=O)c3ccccc3C2=O)CC1. The van der Waals surface area contributed by atoms with Crippen molar-refractivity contribution in [2.45, 2.75) is 38.5 Å². The van der Waals surface area contributed by atoms with Crippen molar-refractivity contribution in [2.75, 3.05) is 6.54 Å². The lowest BCUT2D eigenvalue weighted by Crippen LogP contribution is -2.38. The summed E-state index contributed by atoms with van der Waals surface area (Å²) in [6, 6.07) is 6.78. The zero-order chi connectivity index (χ0) is 19.8. The molecule has 0 bridgehead atoms. The lowest BCUT2D eigenvalue weighted by molar-refractivity contribution is -0.201. The average molecular weight is 384 g/mol. The third-order valence-electron chi connectivity index (χ3n) is 5.69. The number of hydrogen-bond donors (Lipinski definition) is 0. The maximum atomic E-state index is 12.5. The van der Waals surface area contributed by atoms with Crippen LogP contribution in [0.4, 0.5) is 0 Å². The van der Waals surface area contributed by atoms with Crippen molar-refractivity contribution in [3.63, 3.8) is 0 Å². The topological polar surface area (TPSA) is 101 Å². The summed E-state index contributed by atoms with van der Waals surface area (Å²) in [5.74, 6) is -2.36. The maximum Gasteiger partial charge on any atom is 0.336 e. The molecule has 2 fully saturated rings. The molecular weight excluding hydrogens is 364 g/mol. The summed E-state index contributed by atoms with van der Waals surface area (Å²) in [7, 11) is 0. The number of carbonyl (C=O) groups is 5. The van der Waals surface area contributed by atoms with Gasteiger partial charge in [-0.25, -0.2) is 4.79 Å². The first-order valence-electron chi connectivity index (χ1n) is 9.48. The van der Waals surface area contributed by atoms with E-state index in [4.69, 9.17) is 4.84 Å². The smallest absolute Gasteiger partial charge is 0.330 e. The molecule has 0 atom stereocenters. The molecule has 4 rings (SSSR count). The van der Waals surface area contributed by atoms with Gasteiger partial charge in [0.05, 0.1) is 17.0 Å². The number of hydroxylamine groups is 2. The highest BCUT2D eigenvalue weighted by Crippen LogP contribution is 2.33. The number of nitrogens with zero attached hydrogens (tertiary/aromatic N) is 2. The third-order valence-corrected chi connectivity index (χ3v) is 5.69. The van der Waals surface area contributed by atoms with E-state index in [1.54, 1.807) is 24.3 Å². The number of amides is 4. The van der Waals surface area contributed by atoms with Crippen LogP contribution in [0.15, 0.2) is 24.3 Å². The quantitative estimate of drug-likeness (QED) is 0.733. The maximum absolute atomic E-state index is 12.5. The number of rotatable bonds is 4. The predicted octanol–water partition coefficient (Wildman–Crippen LogP) is 1.70. The van der Waals surface area contributed by atoms with Crippen LogP contribution in [0.5, 0.6) is 0 Å². The van der Waals surface area contributed by atoms with Gasteiger partial charge in [0.1, 0.15) is 0 Å². The summed E-state index contributed by atoms with van der Waals surface area (Å²) in [6.45, 7) is 0.331. The summed E-state index contributed by atoms with van der Waals surface area (Å²) in [5.41, 5.74) is 0.870. The van der Waals surface area contributed by atoms with Crippen molar-refractivity contribution in [3.05, 3.63) is 35.4 Å². The molecule has 1 saturated carbocycles. The van der Waals surface area contributed by atoms with Crippen LogP contribution in [0.25, 0.3) is 0 Å². The van der Waals surface area contributed by atoms with Crippen molar-refractivity contribution in [1.29, 1.82) is 0 Å². The number of imide groups is 2. The van der Waals surface area contributed by atoms with Crippen LogP contribution in [0, 0.1) is 11.8 Å². The Morgan fingerprint density at radius 3 is 1.96 bits per heavy atom. The normalized spacial score (nSPS) is 24.7. The van der Waals surface area contributed by atoms with Crippen LogP contribution in [0.2, 0.25) is 0 Å². The highest BCUT2D eigenvalue weighted by molar-refractivity contribution is 6.21. The molecule has 146 valence electrons. The highest BCUT2D eigenvalue weighted by atomic mass is 16.7. The van der Waals surface area contributed by atoms with E-state index in [1.165, 1.54) is 4.90 Å². The minimum atomic E-state index is -0.567. The van der Waals surface area contributed by atoms with E-state index >= 15 is 0 Å². The van der Waals surface area contributed by atoms with E-state index in [9.17, 15) is 24.0 Å². The van der Waals surface area contributed by atoms with Gasteiger partial charge in [-0.05, 0) is 43.7 Å². The first-order valence-corrected chi connectivity index (χ1v) is 9.48. The summed E-state index contributed by atoms with van der Waals surface area (Å²) in [4.78, 5) is 66.6. The first-order chi connectivity index (χ1) is 13.5.